The van der Waals surface area contributed by atoms with Crippen LogP contribution in [0.2, 0.25) is 0 Å². The Morgan fingerprint density at radius 2 is 1.86 bits per heavy atom. The summed E-state index contributed by atoms with van der Waals surface area (Å²) in [6.07, 6.45) is 1.04. The third-order valence-electron chi connectivity index (χ3n) is 3.69. The van der Waals surface area contributed by atoms with Gasteiger partial charge in [-0.05, 0) is 31.9 Å². The quantitative estimate of drug-likeness (QED) is 0.821. The number of sulfone groups is 1. The molecule has 1 aliphatic rings. The summed E-state index contributed by atoms with van der Waals surface area (Å²) in [6.45, 7) is 4.13. The van der Waals surface area contributed by atoms with Crippen molar-refractivity contribution in [2.45, 2.75) is 37.6 Å². The van der Waals surface area contributed by atoms with Crippen LogP contribution >= 0.6 is 0 Å². The Bertz CT molecular complexity index is 693. The summed E-state index contributed by atoms with van der Waals surface area (Å²) in [4.78, 5) is 0.228. The van der Waals surface area contributed by atoms with E-state index in [-0.39, 0.29) is 16.4 Å². The van der Waals surface area contributed by atoms with Crippen LogP contribution < -0.4 is 0 Å². The van der Waals surface area contributed by atoms with Crippen LogP contribution in [-0.2, 0) is 19.9 Å². The minimum absolute atomic E-state index is 0.0707. The largest absolute Gasteiger partial charge is 0.243 e. The smallest absolute Gasteiger partial charge is 0.229 e. The summed E-state index contributed by atoms with van der Waals surface area (Å²) in [6, 6.07) is 6.22. The highest BCUT2D eigenvalue weighted by Gasteiger charge is 2.38. The SMILES string of the molecule is CCCN([C@H]1CCS(=O)(=O)C1)S(=O)(=O)c1ccc(C)cc1. The molecule has 1 aliphatic heterocycles. The van der Waals surface area contributed by atoms with E-state index in [9.17, 15) is 16.8 Å². The lowest BCUT2D eigenvalue weighted by molar-refractivity contribution is 0.340. The lowest BCUT2D eigenvalue weighted by atomic mass is 10.2. The predicted molar refractivity (Wildman–Crippen MR) is 82.4 cm³/mol. The minimum Gasteiger partial charge on any atom is -0.229 e. The predicted octanol–water partition coefficient (Wildman–Crippen LogP) is 1.58. The summed E-state index contributed by atoms with van der Waals surface area (Å²) in [5.74, 6) is -0.000605. The third-order valence-corrected chi connectivity index (χ3v) is 7.40. The van der Waals surface area contributed by atoms with Crippen molar-refractivity contribution in [2.75, 3.05) is 18.1 Å². The molecule has 1 heterocycles. The molecule has 2 rings (SSSR count). The van der Waals surface area contributed by atoms with Gasteiger partial charge in [0.15, 0.2) is 9.84 Å². The van der Waals surface area contributed by atoms with Crippen molar-refractivity contribution >= 4 is 19.9 Å². The zero-order valence-corrected chi connectivity index (χ0v) is 14.0. The van der Waals surface area contributed by atoms with Gasteiger partial charge < -0.3 is 0 Å². The molecule has 0 radical (unpaired) electrons. The van der Waals surface area contributed by atoms with Gasteiger partial charge in [-0.15, -0.1) is 0 Å². The normalized spacial score (nSPS) is 21.8. The van der Waals surface area contributed by atoms with Crippen molar-refractivity contribution in [3.63, 3.8) is 0 Å². The monoisotopic (exact) mass is 331 g/mol. The highest BCUT2D eigenvalue weighted by Crippen LogP contribution is 2.25. The lowest BCUT2D eigenvalue weighted by Gasteiger charge is -2.27. The second kappa shape index (κ2) is 6.06. The number of sulfonamides is 1. The molecule has 0 unspecified atom stereocenters. The standard InChI is InChI=1S/C14H21NO4S2/c1-3-9-15(13-8-10-20(16,17)11-13)21(18,19)14-6-4-12(2)5-7-14/h4-7,13H,3,8-11H2,1-2H3/t13-/m0/s1. The van der Waals surface area contributed by atoms with Crippen molar-refractivity contribution in [1.82, 2.24) is 4.31 Å². The van der Waals surface area contributed by atoms with Gasteiger partial charge in [-0.2, -0.15) is 4.31 Å². The first-order valence-corrected chi connectivity index (χ1v) is 10.3. The maximum Gasteiger partial charge on any atom is 0.243 e. The van der Waals surface area contributed by atoms with E-state index >= 15 is 0 Å². The number of nitrogens with zero attached hydrogens (tertiary/aromatic N) is 1. The Morgan fingerprint density at radius 1 is 1.24 bits per heavy atom. The minimum atomic E-state index is -3.64. The van der Waals surface area contributed by atoms with Crippen molar-refractivity contribution in [3.05, 3.63) is 29.8 Å². The average Bonchev–Trinajstić information content (AvgIpc) is 2.76. The summed E-state index contributed by atoms with van der Waals surface area (Å²) in [5.41, 5.74) is 0.986. The number of aryl methyl sites for hydroxylation is 1. The molecule has 7 heteroatoms. The molecule has 0 aliphatic carbocycles. The van der Waals surface area contributed by atoms with Gasteiger partial charge in [-0.25, -0.2) is 16.8 Å². The van der Waals surface area contributed by atoms with Gasteiger partial charge in [0.25, 0.3) is 0 Å². The molecular weight excluding hydrogens is 310 g/mol. The van der Waals surface area contributed by atoms with Crippen LogP contribution in [0.4, 0.5) is 0 Å². The molecule has 118 valence electrons. The van der Waals surface area contributed by atoms with Gasteiger partial charge in [-0.3, -0.25) is 0 Å². The topological polar surface area (TPSA) is 71.5 Å². The Kier molecular flexibility index (Phi) is 4.75. The van der Waals surface area contributed by atoms with E-state index in [4.69, 9.17) is 0 Å². The number of rotatable bonds is 5. The molecule has 0 spiro atoms. The zero-order valence-electron chi connectivity index (χ0n) is 12.3. The molecule has 0 bridgehead atoms. The molecule has 0 N–H and O–H groups in total. The highest BCUT2D eigenvalue weighted by molar-refractivity contribution is 7.92. The summed E-state index contributed by atoms with van der Waals surface area (Å²) in [5, 5.41) is 0. The van der Waals surface area contributed by atoms with E-state index in [1.165, 1.54) is 4.31 Å². The van der Waals surface area contributed by atoms with Gasteiger partial charge in [0.05, 0.1) is 16.4 Å². The van der Waals surface area contributed by atoms with Gasteiger partial charge in [0.2, 0.25) is 10.0 Å². The van der Waals surface area contributed by atoms with Gasteiger partial charge in [0, 0.05) is 12.6 Å². The molecule has 1 atom stereocenters. The first-order chi connectivity index (χ1) is 9.76. The fraction of sp³-hybridized carbons (Fsp3) is 0.571. The Balaban J connectivity index is 2.35. The van der Waals surface area contributed by atoms with E-state index in [2.05, 4.69) is 0 Å². The second-order valence-electron chi connectivity index (χ2n) is 5.49. The Morgan fingerprint density at radius 3 is 2.33 bits per heavy atom. The molecule has 0 saturated carbocycles. The van der Waals surface area contributed by atoms with Crippen LogP contribution in [0, 0.1) is 6.92 Å². The summed E-state index contributed by atoms with van der Waals surface area (Å²) < 4.78 is 50.2. The van der Waals surface area contributed by atoms with Gasteiger partial charge in [0.1, 0.15) is 0 Å². The van der Waals surface area contributed by atoms with Crippen molar-refractivity contribution in [3.8, 4) is 0 Å². The fourth-order valence-electron chi connectivity index (χ4n) is 2.57. The van der Waals surface area contributed by atoms with E-state index in [1.807, 2.05) is 13.8 Å². The number of hydrogen-bond donors (Lipinski definition) is 0. The average molecular weight is 331 g/mol. The lowest BCUT2D eigenvalue weighted by Crippen LogP contribution is -2.41. The number of benzene rings is 1. The molecule has 21 heavy (non-hydrogen) atoms. The van der Waals surface area contributed by atoms with E-state index in [1.54, 1.807) is 24.3 Å². The molecule has 0 amide bonds. The van der Waals surface area contributed by atoms with Crippen LogP contribution in [0.1, 0.15) is 25.3 Å². The van der Waals surface area contributed by atoms with Gasteiger partial charge >= 0.3 is 0 Å². The van der Waals surface area contributed by atoms with Crippen molar-refractivity contribution in [2.24, 2.45) is 0 Å². The molecule has 0 aromatic heterocycles. The van der Waals surface area contributed by atoms with E-state index in [0.717, 1.165) is 5.56 Å². The molecule has 1 aromatic carbocycles. The highest BCUT2D eigenvalue weighted by atomic mass is 32.2. The van der Waals surface area contributed by atoms with Crippen LogP contribution in [-0.4, -0.2) is 45.2 Å². The van der Waals surface area contributed by atoms with E-state index in [0.29, 0.717) is 19.4 Å². The number of hydrogen-bond acceptors (Lipinski definition) is 4. The maximum atomic E-state index is 12.8. The van der Waals surface area contributed by atoms with Crippen LogP contribution in [0.25, 0.3) is 0 Å². The molecule has 5 nitrogen and oxygen atoms in total. The zero-order chi connectivity index (χ0) is 15.7. The fourth-order valence-corrected chi connectivity index (χ4v) is 6.14. The first kappa shape index (κ1) is 16.5. The Hall–Kier alpha value is -0.920. The second-order valence-corrected chi connectivity index (χ2v) is 9.60. The maximum absolute atomic E-state index is 12.8. The third kappa shape index (κ3) is 3.64. The van der Waals surface area contributed by atoms with Crippen molar-refractivity contribution in [1.29, 1.82) is 0 Å². The van der Waals surface area contributed by atoms with Crippen LogP contribution in [0.5, 0.6) is 0 Å². The first-order valence-electron chi connectivity index (χ1n) is 7.05. The molecule has 1 fully saturated rings. The molecular formula is C14H21NO4S2. The van der Waals surface area contributed by atoms with Crippen molar-refractivity contribution < 1.29 is 16.8 Å². The summed E-state index contributed by atoms with van der Waals surface area (Å²) in [7, 11) is -6.76. The molecule has 1 aromatic rings. The van der Waals surface area contributed by atoms with E-state index < -0.39 is 25.9 Å². The van der Waals surface area contributed by atoms with Gasteiger partial charge in [-0.1, -0.05) is 24.6 Å². The molecule has 1 saturated heterocycles. The summed E-state index contributed by atoms with van der Waals surface area (Å²) >= 11 is 0. The van der Waals surface area contributed by atoms with Crippen LogP contribution in [0.15, 0.2) is 29.2 Å². The van der Waals surface area contributed by atoms with Crippen LogP contribution in [0.3, 0.4) is 0 Å². The Labute approximate surface area is 126 Å².